The van der Waals surface area contributed by atoms with Crippen LogP contribution < -0.4 is 5.32 Å². The summed E-state index contributed by atoms with van der Waals surface area (Å²) in [6.45, 7) is 4.94. The van der Waals surface area contributed by atoms with Crippen LogP contribution in [0.4, 0.5) is 0 Å². The molecule has 3 N–H and O–H groups in total. The molecule has 0 rings (SSSR count). The number of rotatable bonds is 66. The Morgan fingerprint density at radius 1 is 0.351 bits per heavy atom. The zero-order chi connectivity index (χ0) is 55.7. The largest absolute Gasteiger partial charge is 0.466 e. The number of allylic oxidation sites excluding steroid dienone is 3. The van der Waals surface area contributed by atoms with E-state index in [1.54, 1.807) is 6.08 Å². The van der Waals surface area contributed by atoms with E-state index >= 15 is 0 Å². The second kappa shape index (κ2) is 66.8. The Hall–Kier alpha value is -1.66. The number of carbonyl (C=O) groups excluding carboxylic acids is 2. The van der Waals surface area contributed by atoms with Gasteiger partial charge in [-0.1, -0.05) is 346 Å². The van der Waals surface area contributed by atoms with Gasteiger partial charge in [-0.2, -0.15) is 0 Å². The molecule has 0 aliphatic rings. The molecule has 6 nitrogen and oxygen atoms in total. The average Bonchev–Trinajstić information content (AvgIpc) is 3.43. The number of amides is 1. The Bertz CT molecular complexity index is 1200. The molecule has 0 radical (unpaired) electrons. The lowest BCUT2D eigenvalue weighted by Gasteiger charge is -2.20. The lowest BCUT2D eigenvalue weighted by Crippen LogP contribution is -2.45. The first-order valence-electron chi connectivity index (χ1n) is 35.1. The van der Waals surface area contributed by atoms with Crippen molar-refractivity contribution in [3.8, 4) is 0 Å². The summed E-state index contributed by atoms with van der Waals surface area (Å²) in [5.41, 5.74) is 0. The Morgan fingerprint density at radius 2 is 0.610 bits per heavy atom. The minimum atomic E-state index is -0.845. The van der Waals surface area contributed by atoms with Crippen molar-refractivity contribution in [1.82, 2.24) is 5.32 Å². The molecule has 0 aromatic heterocycles. The zero-order valence-electron chi connectivity index (χ0n) is 52.2. The summed E-state index contributed by atoms with van der Waals surface area (Å²) in [7, 11) is 0. The fourth-order valence-electron chi connectivity index (χ4n) is 11.1. The molecular weight excluding hydrogens is 947 g/mol. The number of hydrogen-bond acceptors (Lipinski definition) is 5. The van der Waals surface area contributed by atoms with Crippen LogP contribution in [0, 0.1) is 0 Å². The van der Waals surface area contributed by atoms with Gasteiger partial charge in [0.25, 0.3) is 0 Å². The second-order valence-electron chi connectivity index (χ2n) is 24.2. The van der Waals surface area contributed by atoms with Crippen molar-refractivity contribution in [2.24, 2.45) is 0 Å². The van der Waals surface area contributed by atoms with Crippen molar-refractivity contribution >= 4 is 11.9 Å². The van der Waals surface area contributed by atoms with Gasteiger partial charge in [0.1, 0.15) is 0 Å². The van der Waals surface area contributed by atoms with Crippen LogP contribution in [0.5, 0.6) is 0 Å². The van der Waals surface area contributed by atoms with E-state index in [0.29, 0.717) is 19.4 Å². The number of nitrogens with one attached hydrogen (secondary N) is 1. The second-order valence-corrected chi connectivity index (χ2v) is 24.2. The Balaban J connectivity index is 3.39. The fourth-order valence-corrected chi connectivity index (χ4v) is 11.1. The highest BCUT2D eigenvalue weighted by molar-refractivity contribution is 5.76. The SMILES string of the molecule is CCCCCCCCCCCCCCCCCC/C=C/C(O)C(CO)NC(=O)CCCCCCCCCCCCC/C=C\CCCCCCCCCCCCCCOC(=O)CCCCCCCCCCCCCCCCC. The molecule has 0 aliphatic carbocycles. The smallest absolute Gasteiger partial charge is 0.305 e. The van der Waals surface area contributed by atoms with E-state index in [1.165, 1.54) is 327 Å². The molecule has 0 fully saturated rings. The molecule has 77 heavy (non-hydrogen) atoms. The molecule has 0 aliphatic heterocycles. The van der Waals surface area contributed by atoms with E-state index in [1.807, 2.05) is 6.08 Å². The maximum absolute atomic E-state index is 12.5. The molecule has 0 aromatic rings. The number of unbranched alkanes of at least 4 members (excludes halogenated alkanes) is 53. The van der Waals surface area contributed by atoms with E-state index < -0.39 is 12.1 Å². The maximum Gasteiger partial charge on any atom is 0.305 e. The predicted molar refractivity (Wildman–Crippen MR) is 338 cm³/mol. The van der Waals surface area contributed by atoms with Gasteiger partial charge < -0.3 is 20.3 Å². The lowest BCUT2D eigenvalue weighted by molar-refractivity contribution is -0.143. The monoisotopic (exact) mass is 1080 g/mol. The van der Waals surface area contributed by atoms with E-state index in [0.717, 1.165) is 38.5 Å². The van der Waals surface area contributed by atoms with Gasteiger partial charge in [0.05, 0.1) is 25.4 Å². The third kappa shape index (κ3) is 63.4. The van der Waals surface area contributed by atoms with Crippen molar-refractivity contribution in [1.29, 1.82) is 0 Å². The van der Waals surface area contributed by atoms with Crippen molar-refractivity contribution < 1.29 is 24.5 Å². The summed E-state index contributed by atoms with van der Waals surface area (Å²) in [6, 6.07) is -0.629. The van der Waals surface area contributed by atoms with Crippen LogP contribution in [-0.2, 0) is 14.3 Å². The minimum absolute atomic E-state index is 0.0183. The topological polar surface area (TPSA) is 95.9 Å². The van der Waals surface area contributed by atoms with Crippen molar-refractivity contribution in [3.05, 3.63) is 24.3 Å². The molecule has 0 saturated heterocycles. The standard InChI is InChI=1S/C71H137NO5/c1-3-5-7-9-11-13-15-17-19-20-32-36-39-43-47-51-55-59-63-69(74)68(67-73)72-70(75)64-60-56-52-48-44-40-37-33-30-28-26-24-22-21-23-25-27-29-31-34-38-42-46-50-54-58-62-66-77-71(76)65-61-57-53-49-45-41-35-18-16-14-12-10-8-6-4-2/h21-22,59,63,68-69,73-74H,3-20,23-58,60-62,64-67H2,1-2H3,(H,72,75)/b22-21-,63-59+. The maximum atomic E-state index is 12.5. The van der Waals surface area contributed by atoms with Crippen LogP contribution in [0.2, 0.25) is 0 Å². The summed E-state index contributed by atoms with van der Waals surface area (Å²) in [5.74, 6) is -0.0471. The summed E-state index contributed by atoms with van der Waals surface area (Å²) in [6.07, 6.45) is 83.9. The van der Waals surface area contributed by atoms with Crippen LogP contribution in [-0.4, -0.2) is 47.4 Å². The average molecular weight is 1080 g/mol. The molecule has 2 unspecified atom stereocenters. The minimum Gasteiger partial charge on any atom is -0.466 e. The third-order valence-corrected chi connectivity index (χ3v) is 16.5. The highest BCUT2D eigenvalue weighted by Crippen LogP contribution is 2.18. The normalized spacial score (nSPS) is 12.6. The molecule has 0 heterocycles. The Morgan fingerprint density at radius 3 is 0.922 bits per heavy atom. The molecule has 6 heteroatoms. The lowest BCUT2D eigenvalue weighted by atomic mass is 10.0. The Kier molecular flexibility index (Phi) is 65.4. The van der Waals surface area contributed by atoms with Crippen LogP contribution in [0.1, 0.15) is 393 Å². The number of aliphatic hydroxyl groups is 2. The molecule has 0 aromatic carbocycles. The summed E-state index contributed by atoms with van der Waals surface area (Å²) < 4.78 is 5.50. The fraction of sp³-hybridized carbons (Fsp3) is 0.915. The first-order chi connectivity index (χ1) is 38.0. The van der Waals surface area contributed by atoms with Crippen LogP contribution in [0.25, 0.3) is 0 Å². The van der Waals surface area contributed by atoms with Gasteiger partial charge in [0, 0.05) is 12.8 Å². The molecule has 456 valence electrons. The predicted octanol–water partition coefficient (Wildman–Crippen LogP) is 22.5. The highest BCUT2D eigenvalue weighted by Gasteiger charge is 2.18. The number of hydrogen-bond donors (Lipinski definition) is 3. The number of ether oxygens (including phenoxy) is 1. The van der Waals surface area contributed by atoms with Gasteiger partial charge in [0.15, 0.2) is 0 Å². The number of aliphatic hydroxyl groups excluding tert-OH is 2. The van der Waals surface area contributed by atoms with Crippen LogP contribution >= 0.6 is 0 Å². The summed E-state index contributed by atoms with van der Waals surface area (Å²) >= 11 is 0. The van der Waals surface area contributed by atoms with Crippen molar-refractivity contribution in [3.63, 3.8) is 0 Å². The van der Waals surface area contributed by atoms with Gasteiger partial charge in [-0.15, -0.1) is 0 Å². The molecule has 0 saturated carbocycles. The summed E-state index contributed by atoms with van der Waals surface area (Å²) in [4.78, 5) is 24.6. The van der Waals surface area contributed by atoms with Gasteiger partial charge in [0.2, 0.25) is 5.91 Å². The molecule has 1 amide bonds. The molecule has 0 spiro atoms. The van der Waals surface area contributed by atoms with Crippen LogP contribution in [0.3, 0.4) is 0 Å². The quantitative estimate of drug-likeness (QED) is 0.0320. The zero-order valence-corrected chi connectivity index (χ0v) is 52.2. The van der Waals surface area contributed by atoms with Crippen LogP contribution in [0.15, 0.2) is 24.3 Å². The van der Waals surface area contributed by atoms with E-state index in [-0.39, 0.29) is 18.5 Å². The molecule has 2 atom stereocenters. The van der Waals surface area contributed by atoms with Gasteiger partial charge in [-0.3, -0.25) is 9.59 Å². The van der Waals surface area contributed by atoms with Crippen molar-refractivity contribution in [2.75, 3.05) is 13.2 Å². The molecular formula is C71H137NO5. The van der Waals surface area contributed by atoms with E-state index in [9.17, 15) is 19.8 Å². The first kappa shape index (κ1) is 75.3. The van der Waals surface area contributed by atoms with E-state index in [4.69, 9.17) is 4.74 Å². The van der Waals surface area contributed by atoms with Gasteiger partial charge in [-0.05, 0) is 57.8 Å². The highest BCUT2D eigenvalue weighted by atomic mass is 16.5. The number of esters is 1. The van der Waals surface area contributed by atoms with Crippen molar-refractivity contribution in [2.45, 2.75) is 405 Å². The molecule has 0 bridgehead atoms. The third-order valence-electron chi connectivity index (χ3n) is 16.5. The first-order valence-corrected chi connectivity index (χ1v) is 35.1. The van der Waals surface area contributed by atoms with Gasteiger partial charge >= 0.3 is 5.97 Å². The summed E-state index contributed by atoms with van der Waals surface area (Å²) in [5, 5.41) is 23.2. The Labute approximate surface area is 481 Å². The van der Waals surface area contributed by atoms with E-state index in [2.05, 4.69) is 31.3 Å². The number of carbonyl (C=O) groups is 2. The van der Waals surface area contributed by atoms with Gasteiger partial charge in [-0.25, -0.2) is 0 Å².